The van der Waals surface area contributed by atoms with Gasteiger partial charge in [0, 0.05) is 12.7 Å². The summed E-state index contributed by atoms with van der Waals surface area (Å²) in [4.78, 5) is 11.3. The van der Waals surface area contributed by atoms with E-state index in [-0.39, 0.29) is 0 Å². The zero-order valence-corrected chi connectivity index (χ0v) is 10.5. The second kappa shape index (κ2) is 3.83. The second-order valence-corrected chi connectivity index (χ2v) is 4.32. The molecule has 2 heterocycles. The van der Waals surface area contributed by atoms with Crippen molar-refractivity contribution in [1.82, 2.24) is 4.57 Å². The molecule has 0 spiro atoms. The number of nitrogens with zero attached hydrogens (tertiary/aromatic N) is 1. The van der Waals surface area contributed by atoms with E-state index < -0.39 is 5.91 Å². The molecule has 2 aromatic rings. The van der Waals surface area contributed by atoms with Crippen LogP contribution in [0.25, 0.3) is 11.5 Å². The molecule has 2 rings (SSSR count). The van der Waals surface area contributed by atoms with Gasteiger partial charge >= 0.3 is 0 Å². The number of furan rings is 1. The first-order chi connectivity index (χ1) is 7.54. The van der Waals surface area contributed by atoms with Gasteiger partial charge in [0.25, 0.3) is 5.91 Å². The first-order valence-corrected chi connectivity index (χ1v) is 5.51. The van der Waals surface area contributed by atoms with Crippen LogP contribution in [0.4, 0.5) is 0 Å². The van der Waals surface area contributed by atoms with Crippen LogP contribution in [0.5, 0.6) is 0 Å². The number of hydrogen-bond acceptors (Lipinski definition) is 2. The summed E-state index contributed by atoms with van der Waals surface area (Å²) in [5, 5.41) is 0. The molecular formula is C11H11BrN2O2. The molecule has 0 radical (unpaired) electrons. The number of amides is 1. The lowest BCUT2D eigenvalue weighted by Crippen LogP contribution is -2.12. The van der Waals surface area contributed by atoms with E-state index >= 15 is 0 Å². The molecular weight excluding hydrogens is 272 g/mol. The lowest BCUT2D eigenvalue weighted by molar-refractivity contribution is 0.0999. The molecule has 0 aliphatic carbocycles. The molecule has 5 heteroatoms. The lowest BCUT2D eigenvalue weighted by Gasteiger charge is -2.01. The van der Waals surface area contributed by atoms with E-state index in [1.54, 1.807) is 12.3 Å². The summed E-state index contributed by atoms with van der Waals surface area (Å²) in [5.41, 5.74) is 7.46. The number of halogens is 1. The third kappa shape index (κ3) is 1.48. The minimum Gasteiger partial charge on any atom is -0.463 e. The van der Waals surface area contributed by atoms with E-state index in [0.717, 1.165) is 11.4 Å². The number of nitrogens with two attached hydrogens (primary N) is 1. The molecule has 84 valence electrons. The Morgan fingerprint density at radius 3 is 2.69 bits per heavy atom. The van der Waals surface area contributed by atoms with Gasteiger partial charge in [0.15, 0.2) is 5.76 Å². The summed E-state index contributed by atoms with van der Waals surface area (Å²) in [7, 11) is 1.87. The van der Waals surface area contributed by atoms with Crippen molar-refractivity contribution in [2.45, 2.75) is 6.92 Å². The van der Waals surface area contributed by atoms with Crippen LogP contribution >= 0.6 is 15.9 Å². The van der Waals surface area contributed by atoms with Crippen LogP contribution in [0, 0.1) is 6.92 Å². The van der Waals surface area contributed by atoms with Crippen LogP contribution in [0.2, 0.25) is 0 Å². The molecule has 2 aromatic heterocycles. The Balaban J connectivity index is 2.73. The normalized spacial score (nSPS) is 10.7. The molecule has 0 aliphatic heterocycles. The average Bonchev–Trinajstić information content (AvgIpc) is 2.76. The van der Waals surface area contributed by atoms with Crippen molar-refractivity contribution in [3.63, 3.8) is 0 Å². The molecule has 0 bridgehead atoms. The predicted molar refractivity (Wildman–Crippen MR) is 64.1 cm³/mol. The highest BCUT2D eigenvalue weighted by Crippen LogP contribution is 2.34. The molecule has 1 amide bonds. The molecule has 0 unspecified atom stereocenters. The van der Waals surface area contributed by atoms with Crippen LogP contribution in [-0.2, 0) is 7.05 Å². The van der Waals surface area contributed by atoms with Crippen LogP contribution in [0.15, 0.2) is 27.3 Å². The quantitative estimate of drug-likeness (QED) is 0.920. The number of primary amides is 1. The van der Waals surface area contributed by atoms with Crippen molar-refractivity contribution < 1.29 is 9.21 Å². The van der Waals surface area contributed by atoms with E-state index in [9.17, 15) is 4.79 Å². The summed E-state index contributed by atoms with van der Waals surface area (Å²) < 4.78 is 7.88. The monoisotopic (exact) mass is 282 g/mol. The van der Waals surface area contributed by atoms with Gasteiger partial charge in [0.1, 0.15) is 0 Å². The number of hydrogen-bond donors (Lipinski definition) is 1. The van der Waals surface area contributed by atoms with Crippen LogP contribution in [-0.4, -0.2) is 10.5 Å². The van der Waals surface area contributed by atoms with Gasteiger partial charge in [0.05, 0.1) is 22.0 Å². The van der Waals surface area contributed by atoms with Gasteiger partial charge in [-0.25, -0.2) is 0 Å². The highest BCUT2D eigenvalue weighted by Gasteiger charge is 2.22. The van der Waals surface area contributed by atoms with Crippen molar-refractivity contribution in [1.29, 1.82) is 0 Å². The zero-order valence-electron chi connectivity index (χ0n) is 8.95. The van der Waals surface area contributed by atoms with Crippen molar-refractivity contribution in [3.8, 4) is 11.5 Å². The molecule has 16 heavy (non-hydrogen) atoms. The number of aromatic nitrogens is 1. The van der Waals surface area contributed by atoms with Gasteiger partial charge in [-0.05, 0) is 35.0 Å². The Bertz CT molecular complexity index is 541. The third-order valence-corrected chi connectivity index (χ3v) is 3.40. The number of rotatable bonds is 2. The lowest BCUT2D eigenvalue weighted by atomic mass is 10.2. The summed E-state index contributed by atoms with van der Waals surface area (Å²) in [6, 6.07) is 3.64. The van der Waals surface area contributed by atoms with E-state index in [4.69, 9.17) is 10.2 Å². The maximum Gasteiger partial charge on any atom is 0.251 e. The van der Waals surface area contributed by atoms with E-state index in [0.29, 0.717) is 15.8 Å². The fourth-order valence-electron chi connectivity index (χ4n) is 1.73. The second-order valence-electron chi connectivity index (χ2n) is 3.52. The Labute approximate surface area is 101 Å². The van der Waals surface area contributed by atoms with Crippen molar-refractivity contribution in [2.24, 2.45) is 12.8 Å². The van der Waals surface area contributed by atoms with E-state index in [1.165, 1.54) is 0 Å². The highest BCUT2D eigenvalue weighted by atomic mass is 79.9. The predicted octanol–water partition coefficient (Wildman–Crippen LogP) is 2.45. The molecule has 2 N–H and O–H groups in total. The number of carbonyl (C=O) groups is 1. The fraction of sp³-hybridized carbons (Fsp3) is 0.182. The SMILES string of the molecule is Cc1c(C(N)=O)c(Br)c(-c2ccco2)n1C. The molecule has 0 aliphatic rings. The highest BCUT2D eigenvalue weighted by molar-refractivity contribution is 9.10. The van der Waals surface area contributed by atoms with E-state index in [1.807, 2.05) is 24.6 Å². The molecule has 0 fully saturated rings. The van der Waals surface area contributed by atoms with Crippen LogP contribution in [0.3, 0.4) is 0 Å². The minimum absolute atomic E-state index is 0.446. The maximum absolute atomic E-state index is 11.3. The van der Waals surface area contributed by atoms with Crippen molar-refractivity contribution >= 4 is 21.8 Å². The summed E-state index contributed by atoms with van der Waals surface area (Å²) >= 11 is 3.39. The van der Waals surface area contributed by atoms with Gasteiger partial charge in [-0.3, -0.25) is 4.79 Å². The summed E-state index contributed by atoms with van der Waals surface area (Å²) in [6.45, 7) is 1.84. The summed E-state index contributed by atoms with van der Waals surface area (Å²) in [6.07, 6.45) is 1.59. The van der Waals surface area contributed by atoms with E-state index in [2.05, 4.69) is 15.9 Å². The van der Waals surface area contributed by atoms with Crippen LogP contribution in [0.1, 0.15) is 16.1 Å². The molecule has 0 aromatic carbocycles. The number of carbonyl (C=O) groups excluding carboxylic acids is 1. The minimum atomic E-state index is -0.446. The molecule has 0 saturated heterocycles. The first kappa shape index (κ1) is 11.0. The van der Waals surface area contributed by atoms with Crippen LogP contribution < -0.4 is 5.73 Å². The summed E-state index contributed by atoms with van der Waals surface area (Å²) in [5.74, 6) is 0.253. The van der Waals surface area contributed by atoms with Gasteiger partial charge < -0.3 is 14.7 Å². The Hall–Kier alpha value is -1.49. The maximum atomic E-state index is 11.3. The van der Waals surface area contributed by atoms with Gasteiger partial charge in [-0.15, -0.1) is 0 Å². The van der Waals surface area contributed by atoms with Gasteiger partial charge in [-0.1, -0.05) is 0 Å². The zero-order chi connectivity index (χ0) is 11.9. The average molecular weight is 283 g/mol. The standard InChI is InChI=1S/C11H11BrN2O2/c1-6-8(11(13)15)9(12)10(14(6)2)7-4-3-5-16-7/h3-5H,1-2H3,(H2,13,15). The Kier molecular flexibility index (Phi) is 2.63. The fourth-order valence-corrected chi connectivity index (χ4v) is 2.68. The molecule has 4 nitrogen and oxygen atoms in total. The smallest absolute Gasteiger partial charge is 0.251 e. The first-order valence-electron chi connectivity index (χ1n) is 4.72. The van der Waals surface area contributed by atoms with Crippen molar-refractivity contribution in [2.75, 3.05) is 0 Å². The topological polar surface area (TPSA) is 61.2 Å². The van der Waals surface area contributed by atoms with Gasteiger partial charge in [0.2, 0.25) is 0 Å². The van der Waals surface area contributed by atoms with Crippen molar-refractivity contribution in [3.05, 3.63) is 34.1 Å². The third-order valence-electron chi connectivity index (χ3n) is 2.63. The van der Waals surface area contributed by atoms with Gasteiger partial charge in [-0.2, -0.15) is 0 Å². The Morgan fingerprint density at radius 1 is 1.56 bits per heavy atom. The largest absolute Gasteiger partial charge is 0.463 e. The molecule has 0 saturated carbocycles. The Morgan fingerprint density at radius 2 is 2.25 bits per heavy atom. The molecule has 0 atom stereocenters.